The number of carbonyl (C=O) groups excluding carboxylic acids is 1. The fourth-order valence-corrected chi connectivity index (χ4v) is 3.43. The molecule has 1 saturated heterocycles. The van der Waals surface area contributed by atoms with Gasteiger partial charge in [0.1, 0.15) is 12.3 Å². The van der Waals surface area contributed by atoms with Crippen LogP contribution in [0.5, 0.6) is 5.75 Å². The van der Waals surface area contributed by atoms with Gasteiger partial charge in [0.2, 0.25) is 11.9 Å². The predicted molar refractivity (Wildman–Crippen MR) is 126 cm³/mol. The molecule has 2 aromatic rings. The van der Waals surface area contributed by atoms with Crippen molar-refractivity contribution in [2.45, 2.75) is 25.3 Å². The van der Waals surface area contributed by atoms with Gasteiger partial charge >= 0.3 is 0 Å². The second-order valence-corrected chi connectivity index (χ2v) is 7.93. The number of benzene rings is 1. The number of piperidine rings is 1. The number of nitrogens with zero attached hydrogens (tertiary/aromatic N) is 5. The molecule has 3 rings (SSSR count). The fraction of sp³-hybridized carbons (Fsp3) is 0.478. The molecule has 0 atom stereocenters. The van der Waals surface area contributed by atoms with Crippen LogP contribution in [0, 0.1) is 0 Å². The number of likely N-dealkylation sites (N-methyl/N-ethyl adjacent to an activating group) is 1. The summed E-state index contributed by atoms with van der Waals surface area (Å²) in [5.41, 5.74) is 1.21. The number of methoxy groups -OCH3 is 1. The van der Waals surface area contributed by atoms with Crippen molar-refractivity contribution in [3.8, 4) is 5.75 Å². The van der Waals surface area contributed by atoms with E-state index in [1.165, 1.54) is 5.56 Å². The summed E-state index contributed by atoms with van der Waals surface area (Å²) in [6.45, 7) is 2.57. The summed E-state index contributed by atoms with van der Waals surface area (Å²) < 4.78 is 5.21. The van der Waals surface area contributed by atoms with Crippen LogP contribution in [0.3, 0.4) is 0 Å². The largest absolute Gasteiger partial charge is 0.497 e. The molecule has 0 aliphatic carbocycles. The van der Waals surface area contributed by atoms with Crippen LogP contribution in [0.2, 0.25) is 0 Å². The molecular formula is C23H33N7O2. The minimum Gasteiger partial charge on any atom is -0.497 e. The normalized spacial score (nSPS) is 14.7. The van der Waals surface area contributed by atoms with Gasteiger partial charge in [-0.3, -0.25) is 4.79 Å². The summed E-state index contributed by atoms with van der Waals surface area (Å²) in [5, 5.41) is 6.89. The van der Waals surface area contributed by atoms with Crippen molar-refractivity contribution in [2.75, 3.05) is 52.3 Å². The number of hydrogen-bond donors (Lipinski definition) is 2. The lowest BCUT2D eigenvalue weighted by molar-refractivity contribution is -0.127. The lowest BCUT2D eigenvalue weighted by Crippen LogP contribution is -2.49. The number of amides is 1. The summed E-state index contributed by atoms with van der Waals surface area (Å²) in [7, 11) is 5.14. The number of nitrogens with one attached hydrogen (secondary N) is 2. The van der Waals surface area contributed by atoms with Crippen LogP contribution >= 0.6 is 0 Å². The van der Waals surface area contributed by atoms with Gasteiger partial charge in [0.15, 0.2) is 5.96 Å². The molecule has 1 aliphatic rings. The molecule has 0 radical (unpaired) electrons. The zero-order chi connectivity index (χ0) is 22.8. The molecular weight excluding hydrogens is 406 g/mol. The highest BCUT2D eigenvalue weighted by molar-refractivity contribution is 5.85. The summed E-state index contributed by atoms with van der Waals surface area (Å²) in [6, 6.07) is 10.1. The molecule has 1 aliphatic heterocycles. The highest BCUT2D eigenvalue weighted by Crippen LogP contribution is 2.15. The standard InChI is InChI=1S/C23H33N7O2/c1-29(2)21(31)17-27-22(24-14-9-18-5-7-20(32-3)8-6-18)28-19-10-15-30(16-11-19)23-25-12-4-13-26-23/h4-8,12-13,19H,9-11,14-17H2,1-3H3,(H2,24,27,28). The Bertz CT molecular complexity index is 864. The third kappa shape index (κ3) is 7.11. The first-order chi connectivity index (χ1) is 15.5. The van der Waals surface area contributed by atoms with Gasteiger partial charge in [-0.05, 0) is 43.0 Å². The van der Waals surface area contributed by atoms with E-state index in [0.29, 0.717) is 12.5 Å². The van der Waals surface area contributed by atoms with E-state index in [0.717, 1.165) is 44.0 Å². The highest BCUT2D eigenvalue weighted by Gasteiger charge is 2.21. The molecule has 2 heterocycles. The molecule has 1 amide bonds. The summed E-state index contributed by atoms with van der Waals surface area (Å²) in [4.78, 5) is 29.0. The quantitative estimate of drug-likeness (QED) is 0.473. The van der Waals surface area contributed by atoms with Crippen molar-refractivity contribution >= 4 is 17.8 Å². The van der Waals surface area contributed by atoms with E-state index in [1.54, 1.807) is 38.5 Å². The number of rotatable bonds is 8. The Kier molecular flexibility index (Phi) is 8.65. The first kappa shape index (κ1) is 23.3. The number of anilines is 1. The lowest BCUT2D eigenvalue weighted by atomic mass is 10.1. The van der Waals surface area contributed by atoms with E-state index < -0.39 is 0 Å². The van der Waals surface area contributed by atoms with Crippen molar-refractivity contribution < 1.29 is 9.53 Å². The number of hydrogen-bond acceptors (Lipinski definition) is 6. The monoisotopic (exact) mass is 439 g/mol. The molecule has 1 fully saturated rings. The van der Waals surface area contributed by atoms with Crippen LogP contribution in [-0.2, 0) is 11.2 Å². The van der Waals surface area contributed by atoms with Crippen molar-refractivity contribution in [1.82, 2.24) is 25.5 Å². The molecule has 1 aromatic carbocycles. The van der Waals surface area contributed by atoms with Gasteiger partial charge in [-0.1, -0.05) is 12.1 Å². The van der Waals surface area contributed by atoms with Crippen molar-refractivity contribution in [3.63, 3.8) is 0 Å². The van der Waals surface area contributed by atoms with Crippen molar-refractivity contribution in [2.24, 2.45) is 4.99 Å². The predicted octanol–water partition coefficient (Wildman–Crippen LogP) is 1.32. The highest BCUT2D eigenvalue weighted by atomic mass is 16.5. The van der Waals surface area contributed by atoms with E-state index in [4.69, 9.17) is 4.74 Å². The van der Waals surface area contributed by atoms with Crippen LogP contribution < -0.4 is 20.3 Å². The van der Waals surface area contributed by atoms with Gasteiger partial charge in [0, 0.05) is 52.2 Å². The van der Waals surface area contributed by atoms with Gasteiger partial charge in [-0.2, -0.15) is 0 Å². The number of ether oxygens (including phenoxy) is 1. The molecule has 2 N–H and O–H groups in total. The number of aromatic nitrogens is 2. The first-order valence-corrected chi connectivity index (χ1v) is 10.9. The van der Waals surface area contributed by atoms with Gasteiger partial charge in [-0.25, -0.2) is 15.0 Å². The molecule has 9 heteroatoms. The Morgan fingerprint density at radius 3 is 2.50 bits per heavy atom. The first-order valence-electron chi connectivity index (χ1n) is 10.9. The van der Waals surface area contributed by atoms with E-state index in [-0.39, 0.29) is 18.5 Å². The lowest BCUT2D eigenvalue weighted by Gasteiger charge is -2.33. The maximum Gasteiger partial charge on any atom is 0.243 e. The van der Waals surface area contributed by atoms with E-state index in [9.17, 15) is 4.79 Å². The summed E-state index contributed by atoms with van der Waals surface area (Å²) >= 11 is 0. The fourth-order valence-electron chi connectivity index (χ4n) is 3.43. The third-order valence-corrected chi connectivity index (χ3v) is 5.41. The second-order valence-electron chi connectivity index (χ2n) is 7.93. The zero-order valence-corrected chi connectivity index (χ0v) is 19.1. The number of carbonyl (C=O) groups is 1. The average Bonchev–Trinajstić information content (AvgIpc) is 2.83. The molecule has 172 valence electrons. The van der Waals surface area contributed by atoms with Crippen LogP contribution in [0.1, 0.15) is 18.4 Å². The van der Waals surface area contributed by atoms with Crippen LogP contribution in [0.15, 0.2) is 47.7 Å². The van der Waals surface area contributed by atoms with E-state index in [2.05, 4.69) is 42.6 Å². The van der Waals surface area contributed by atoms with E-state index in [1.807, 2.05) is 18.2 Å². The Hall–Kier alpha value is -3.36. The van der Waals surface area contributed by atoms with E-state index >= 15 is 0 Å². The Balaban J connectivity index is 1.53. The zero-order valence-electron chi connectivity index (χ0n) is 19.1. The topological polar surface area (TPSA) is 95.0 Å². The molecule has 0 spiro atoms. The Morgan fingerprint density at radius 2 is 1.88 bits per heavy atom. The van der Waals surface area contributed by atoms with Crippen LogP contribution in [-0.4, -0.2) is 80.2 Å². The molecule has 32 heavy (non-hydrogen) atoms. The molecule has 1 aromatic heterocycles. The molecule has 0 bridgehead atoms. The summed E-state index contributed by atoms with van der Waals surface area (Å²) in [5.74, 6) is 2.26. The number of guanidine groups is 1. The Morgan fingerprint density at radius 1 is 1.19 bits per heavy atom. The van der Waals surface area contributed by atoms with Crippen molar-refractivity contribution in [1.29, 1.82) is 0 Å². The smallest absolute Gasteiger partial charge is 0.243 e. The van der Waals surface area contributed by atoms with Gasteiger partial charge in [-0.15, -0.1) is 0 Å². The van der Waals surface area contributed by atoms with Crippen molar-refractivity contribution in [3.05, 3.63) is 48.3 Å². The molecule has 0 saturated carbocycles. The maximum absolute atomic E-state index is 12.0. The summed E-state index contributed by atoms with van der Waals surface area (Å²) in [6.07, 6.45) is 6.27. The maximum atomic E-state index is 12.0. The SMILES string of the molecule is COc1ccc(CCNC(=NCC(=O)N(C)C)NC2CCN(c3ncccn3)CC2)cc1. The number of aliphatic imine (C=N–C) groups is 1. The minimum absolute atomic E-state index is 0.0303. The third-order valence-electron chi connectivity index (χ3n) is 5.41. The molecule has 9 nitrogen and oxygen atoms in total. The molecule has 0 unspecified atom stereocenters. The minimum atomic E-state index is -0.0303. The van der Waals surface area contributed by atoms with Crippen LogP contribution in [0.25, 0.3) is 0 Å². The van der Waals surface area contributed by atoms with Gasteiger partial charge in [0.25, 0.3) is 0 Å². The average molecular weight is 440 g/mol. The Labute approximate surface area is 189 Å². The second kappa shape index (κ2) is 11.9. The van der Waals surface area contributed by atoms with Gasteiger partial charge in [0.05, 0.1) is 7.11 Å². The van der Waals surface area contributed by atoms with Gasteiger partial charge < -0.3 is 25.2 Å². The van der Waals surface area contributed by atoms with Crippen LogP contribution in [0.4, 0.5) is 5.95 Å².